The van der Waals surface area contributed by atoms with Gasteiger partial charge in [0.25, 0.3) is 0 Å². The highest BCUT2D eigenvalue weighted by Gasteiger charge is 2.10. The molecule has 0 saturated carbocycles. The van der Waals surface area contributed by atoms with E-state index in [1.807, 2.05) is 18.2 Å². The second-order valence-electron chi connectivity index (χ2n) is 6.59. The van der Waals surface area contributed by atoms with Crippen LogP contribution in [0.4, 0.5) is 0 Å². The number of ether oxygens (including phenoxy) is 1. The highest BCUT2D eigenvalue weighted by atomic mass is 16.5. The van der Waals surface area contributed by atoms with Crippen molar-refractivity contribution in [2.75, 3.05) is 45.9 Å². The SMILES string of the molecule is CCc1nncn1CCNC(=NCc1ccccn1)NCCN1CCOCC1. The van der Waals surface area contributed by atoms with Crippen LogP contribution in [0.15, 0.2) is 35.7 Å². The van der Waals surface area contributed by atoms with Crippen LogP contribution in [0.25, 0.3) is 0 Å². The van der Waals surface area contributed by atoms with Gasteiger partial charge < -0.3 is 19.9 Å². The molecule has 0 atom stereocenters. The summed E-state index contributed by atoms with van der Waals surface area (Å²) in [7, 11) is 0. The number of hydrogen-bond acceptors (Lipinski definition) is 6. The van der Waals surface area contributed by atoms with E-state index in [9.17, 15) is 0 Å². The second kappa shape index (κ2) is 11.4. The number of guanidine groups is 1. The molecule has 9 heteroatoms. The van der Waals surface area contributed by atoms with Crippen molar-refractivity contribution in [2.45, 2.75) is 26.4 Å². The Kier molecular flexibility index (Phi) is 8.20. The Labute approximate surface area is 166 Å². The lowest BCUT2D eigenvalue weighted by atomic mass is 10.3. The van der Waals surface area contributed by atoms with Crippen molar-refractivity contribution in [3.05, 3.63) is 42.2 Å². The Balaban J connectivity index is 1.50. The Morgan fingerprint density at radius 3 is 2.75 bits per heavy atom. The summed E-state index contributed by atoms with van der Waals surface area (Å²) in [5.74, 6) is 1.79. The van der Waals surface area contributed by atoms with Crippen molar-refractivity contribution in [2.24, 2.45) is 4.99 Å². The van der Waals surface area contributed by atoms with Gasteiger partial charge in [0.2, 0.25) is 0 Å². The van der Waals surface area contributed by atoms with Crippen molar-refractivity contribution in [1.82, 2.24) is 35.3 Å². The molecule has 0 aliphatic carbocycles. The average molecular weight is 387 g/mol. The van der Waals surface area contributed by atoms with Gasteiger partial charge in [0.15, 0.2) is 5.96 Å². The smallest absolute Gasteiger partial charge is 0.191 e. The lowest BCUT2D eigenvalue weighted by molar-refractivity contribution is 0.0389. The highest BCUT2D eigenvalue weighted by molar-refractivity contribution is 5.79. The second-order valence-corrected chi connectivity index (χ2v) is 6.59. The van der Waals surface area contributed by atoms with Gasteiger partial charge in [-0.2, -0.15) is 0 Å². The first-order valence-corrected chi connectivity index (χ1v) is 9.94. The van der Waals surface area contributed by atoms with E-state index in [-0.39, 0.29) is 0 Å². The minimum absolute atomic E-state index is 0.542. The summed E-state index contributed by atoms with van der Waals surface area (Å²) < 4.78 is 7.47. The number of aliphatic imine (C=N–C) groups is 1. The van der Waals surface area contributed by atoms with Crippen LogP contribution in [0.1, 0.15) is 18.4 Å². The van der Waals surface area contributed by atoms with E-state index in [4.69, 9.17) is 4.74 Å². The molecular weight excluding hydrogens is 356 g/mol. The molecule has 3 rings (SSSR count). The lowest BCUT2D eigenvalue weighted by Crippen LogP contribution is -2.45. The number of nitrogens with zero attached hydrogens (tertiary/aromatic N) is 6. The summed E-state index contributed by atoms with van der Waals surface area (Å²) in [4.78, 5) is 11.4. The summed E-state index contributed by atoms with van der Waals surface area (Å²) in [5, 5.41) is 15.0. The Morgan fingerprint density at radius 2 is 2.00 bits per heavy atom. The van der Waals surface area contributed by atoms with Crippen LogP contribution in [-0.2, 0) is 24.2 Å². The quantitative estimate of drug-likeness (QED) is 0.473. The highest BCUT2D eigenvalue weighted by Crippen LogP contribution is 1.97. The number of pyridine rings is 1. The number of morpholine rings is 1. The summed E-state index contributed by atoms with van der Waals surface area (Å²) in [6.45, 7) is 9.59. The maximum atomic E-state index is 5.40. The van der Waals surface area contributed by atoms with E-state index in [1.54, 1.807) is 12.5 Å². The zero-order valence-corrected chi connectivity index (χ0v) is 16.5. The largest absolute Gasteiger partial charge is 0.379 e. The summed E-state index contributed by atoms with van der Waals surface area (Å²) in [6, 6.07) is 5.88. The van der Waals surface area contributed by atoms with E-state index < -0.39 is 0 Å². The van der Waals surface area contributed by atoms with Crippen molar-refractivity contribution >= 4 is 5.96 Å². The molecule has 152 valence electrons. The van der Waals surface area contributed by atoms with Gasteiger partial charge in [-0.25, -0.2) is 4.99 Å². The molecule has 2 aromatic heterocycles. The molecule has 0 unspecified atom stereocenters. The van der Waals surface area contributed by atoms with Gasteiger partial charge in [-0.15, -0.1) is 10.2 Å². The van der Waals surface area contributed by atoms with E-state index >= 15 is 0 Å². The van der Waals surface area contributed by atoms with Crippen molar-refractivity contribution in [3.63, 3.8) is 0 Å². The van der Waals surface area contributed by atoms with Crippen LogP contribution < -0.4 is 10.6 Å². The first kappa shape index (κ1) is 20.2. The molecule has 1 saturated heterocycles. The molecule has 0 radical (unpaired) electrons. The lowest BCUT2D eigenvalue weighted by Gasteiger charge is -2.26. The average Bonchev–Trinajstić information content (AvgIpc) is 3.20. The summed E-state index contributed by atoms with van der Waals surface area (Å²) in [5.41, 5.74) is 0.948. The van der Waals surface area contributed by atoms with Crippen LogP contribution in [0.3, 0.4) is 0 Å². The van der Waals surface area contributed by atoms with Gasteiger partial charge >= 0.3 is 0 Å². The minimum Gasteiger partial charge on any atom is -0.379 e. The zero-order valence-electron chi connectivity index (χ0n) is 16.5. The fourth-order valence-corrected chi connectivity index (χ4v) is 3.02. The number of hydrogen-bond donors (Lipinski definition) is 2. The van der Waals surface area contributed by atoms with Gasteiger partial charge in [-0.3, -0.25) is 9.88 Å². The molecule has 1 fully saturated rings. The van der Waals surface area contributed by atoms with Gasteiger partial charge in [0.05, 0.1) is 25.5 Å². The van der Waals surface area contributed by atoms with Crippen molar-refractivity contribution < 1.29 is 4.74 Å². The van der Waals surface area contributed by atoms with Crippen LogP contribution >= 0.6 is 0 Å². The molecule has 2 N–H and O–H groups in total. The van der Waals surface area contributed by atoms with E-state index in [0.29, 0.717) is 6.54 Å². The maximum absolute atomic E-state index is 5.40. The number of rotatable bonds is 9. The molecule has 2 aromatic rings. The Bertz CT molecular complexity index is 712. The molecule has 0 aromatic carbocycles. The third-order valence-corrected chi connectivity index (χ3v) is 4.61. The summed E-state index contributed by atoms with van der Waals surface area (Å²) in [6.07, 6.45) is 4.44. The van der Waals surface area contributed by atoms with Crippen LogP contribution in [0.2, 0.25) is 0 Å². The Morgan fingerprint density at radius 1 is 1.18 bits per heavy atom. The molecule has 3 heterocycles. The van der Waals surface area contributed by atoms with Gasteiger partial charge in [-0.05, 0) is 12.1 Å². The number of aromatic nitrogens is 4. The molecule has 9 nitrogen and oxygen atoms in total. The first-order chi connectivity index (χ1) is 13.8. The van der Waals surface area contributed by atoms with Gasteiger partial charge in [-0.1, -0.05) is 13.0 Å². The van der Waals surface area contributed by atoms with Gasteiger partial charge in [0.1, 0.15) is 12.2 Å². The molecule has 28 heavy (non-hydrogen) atoms. The van der Waals surface area contributed by atoms with E-state index in [2.05, 4.69) is 47.2 Å². The fourth-order valence-electron chi connectivity index (χ4n) is 3.02. The number of aryl methyl sites for hydroxylation is 1. The maximum Gasteiger partial charge on any atom is 0.191 e. The number of nitrogens with one attached hydrogen (secondary N) is 2. The zero-order chi connectivity index (χ0) is 19.4. The van der Waals surface area contributed by atoms with Gasteiger partial charge in [0, 0.05) is 51.9 Å². The third kappa shape index (κ3) is 6.58. The third-order valence-electron chi connectivity index (χ3n) is 4.61. The van der Waals surface area contributed by atoms with Crippen LogP contribution in [-0.4, -0.2) is 76.5 Å². The normalized spacial score (nSPS) is 15.5. The summed E-state index contributed by atoms with van der Waals surface area (Å²) >= 11 is 0. The molecule has 1 aliphatic heterocycles. The monoisotopic (exact) mass is 386 g/mol. The standard InChI is InChI=1S/C19H30N8O/c1-2-18-25-24-16-27(18)10-8-22-19(23-15-17-5-3-4-6-20-17)21-7-9-26-11-13-28-14-12-26/h3-6,16H,2,7-15H2,1H3,(H2,21,22,23). The van der Waals surface area contributed by atoms with E-state index in [0.717, 1.165) is 76.4 Å². The predicted molar refractivity (Wildman–Crippen MR) is 108 cm³/mol. The fraction of sp³-hybridized carbons (Fsp3) is 0.579. The van der Waals surface area contributed by atoms with Crippen molar-refractivity contribution in [1.29, 1.82) is 0 Å². The minimum atomic E-state index is 0.542. The van der Waals surface area contributed by atoms with E-state index in [1.165, 1.54) is 0 Å². The molecular formula is C19H30N8O. The van der Waals surface area contributed by atoms with Crippen molar-refractivity contribution in [3.8, 4) is 0 Å². The molecule has 1 aliphatic rings. The molecule has 0 spiro atoms. The predicted octanol–water partition coefficient (Wildman–Crippen LogP) is 0.303. The van der Waals surface area contributed by atoms with Crippen LogP contribution in [0.5, 0.6) is 0 Å². The molecule has 0 bridgehead atoms. The Hall–Kier alpha value is -2.52. The first-order valence-electron chi connectivity index (χ1n) is 9.94. The molecule has 0 amide bonds. The topological polar surface area (TPSA) is 92.5 Å². The van der Waals surface area contributed by atoms with Crippen LogP contribution in [0, 0.1) is 0 Å².